The molecule has 1 fully saturated rings. The van der Waals surface area contributed by atoms with Crippen LogP contribution in [0, 0.1) is 0 Å². The molecule has 0 aromatic heterocycles. The molecule has 0 spiro atoms. The smallest absolute Gasteiger partial charge is 0.511 e. The molecule has 1 aliphatic heterocycles. The molecule has 8 heteroatoms. The molecule has 3 rings (SSSR count). The van der Waals surface area contributed by atoms with Crippen LogP contribution in [0.2, 0.25) is 5.02 Å². The summed E-state index contributed by atoms with van der Waals surface area (Å²) in [6.45, 7) is 7.96. The summed E-state index contributed by atoms with van der Waals surface area (Å²) in [7, 11) is 0.292. The summed E-state index contributed by atoms with van der Waals surface area (Å²) in [5.74, 6) is -0.0227. The number of carbonyl (C=O) groups excluding carboxylic acids is 1. The largest absolute Gasteiger partial charge is 0.714 e. The van der Waals surface area contributed by atoms with Crippen LogP contribution in [0.5, 0.6) is 11.5 Å². The van der Waals surface area contributed by atoms with Crippen LogP contribution in [0.25, 0.3) is 0 Å². The molecule has 0 atom stereocenters. The van der Waals surface area contributed by atoms with Crippen molar-refractivity contribution in [1.29, 1.82) is 0 Å². The van der Waals surface area contributed by atoms with Gasteiger partial charge in [0.1, 0.15) is 23.7 Å². The molecule has 1 aliphatic rings. The first-order chi connectivity index (χ1) is 13.6. The molecular weight excluding hydrogens is 394 g/mol. The van der Waals surface area contributed by atoms with Crippen LogP contribution in [-0.4, -0.2) is 31.6 Å². The lowest BCUT2D eigenvalue weighted by molar-refractivity contribution is 0.00578. The van der Waals surface area contributed by atoms with Crippen molar-refractivity contribution in [2.45, 2.75) is 45.5 Å². The van der Waals surface area contributed by atoms with E-state index in [2.05, 4.69) is 0 Å². The first kappa shape index (κ1) is 21.5. The van der Waals surface area contributed by atoms with Crippen LogP contribution < -0.4 is 9.39 Å². The fourth-order valence-corrected chi connectivity index (χ4v) is 2.91. The summed E-state index contributed by atoms with van der Waals surface area (Å²) >= 11 is 6.33. The fraction of sp³-hybridized carbons (Fsp3) is 0.381. The molecule has 0 N–H and O–H groups in total. The Labute approximate surface area is 176 Å². The molecule has 0 radical (unpaired) electrons. The van der Waals surface area contributed by atoms with Gasteiger partial charge in [-0.05, 0) is 39.3 Å². The number of methoxy groups -OCH3 is 1. The lowest BCUT2D eigenvalue weighted by Crippen LogP contribution is -2.41. The predicted molar refractivity (Wildman–Crippen MR) is 110 cm³/mol. The normalized spacial score (nSPS) is 17.1. The summed E-state index contributed by atoms with van der Waals surface area (Å²) in [6, 6.07) is 12.7. The first-order valence-corrected chi connectivity index (χ1v) is 9.61. The van der Waals surface area contributed by atoms with Crippen LogP contribution in [0.15, 0.2) is 42.5 Å². The standard InChI is InChI=1S/C21H24BClO6/c1-20(2)21(3,4)29-22(28-20)27-17-12-18(16(23)11-15(17)19(24)25-5)26-13-14-9-7-6-8-10-14/h6-12H,13H2,1-5H3. The maximum atomic E-state index is 12.2. The van der Waals surface area contributed by atoms with Gasteiger partial charge in [0.15, 0.2) is 0 Å². The maximum absolute atomic E-state index is 12.2. The molecule has 0 aliphatic carbocycles. The minimum Gasteiger partial charge on any atom is -0.511 e. The zero-order valence-electron chi connectivity index (χ0n) is 17.2. The molecule has 29 heavy (non-hydrogen) atoms. The van der Waals surface area contributed by atoms with E-state index < -0.39 is 24.5 Å². The molecule has 6 nitrogen and oxygen atoms in total. The van der Waals surface area contributed by atoms with Crippen LogP contribution in [-0.2, 0) is 20.7 Å². The van der Waals surface area contributed by atoms with Crippen molar-refractivity contribution >= 4 is 24.9 Å². The van der Waals surface area contributed by atoms with Crippen molar-refractivity contribution in [3.63, 3.8) is 0 Å². The number of rotatable bonds is 6. The van der Waals surface area contributed by atoms with E-state index in [4.69, 9.17) is 35.0 Å². The highest BCUT2D eigenvalue weighted by atomic mass is 35.5. The van der Waals surface area contributed by atoms with Gasteiger partial charge in [-0.1, -0.05) is 41.9 Å². The Morgan fingerprint density at radius 3 is 2.24 bits per heavy atom. The molecule has 0 amide bonds. The Hall–Kier alpha value is -2.22. The Kier molecular flexibility index (Phi) is 6.12. The Morgan fingerprint density at radius 1 is 1.03 bits per heavy atom. The molecule has 0 unspecified atom stereocenters. The van der Waals surface area contributed by atoms with Crippen molar-refractivity contribution in [3.05, 3.63) is 58.6 Å². The first-order valence-electron chi connectivity index (χ1n) is 9.24. The summed E-state index contributed by atoms with van der Waals surface area (Å²) in [5, 5.41) is 0.266. The number of hydrogen-bond donors (Lipinski definition) is 0. The van der Waals surface area contributed by atoms with E-state index in [-0.39, 0.29) is 16.3 Å². The number of esters is 1. The van der Waals surface area contributed by atoms with Crippen molar-refractivity contribution in [1.82, 2.24) is 0 Å². The highest BCUT2D eigenvalue weighted by Gasteiger charge is 2.54. The van der Waals surface area contributed by atoms with Gasteiger partial charge in [0.25, 0.3) is 0 Å². The Bertz CT molecular complexity index is 868. The summed E-state index contributed by atoms with van der Waals surface area (Å²) < 4.78 is 28.3. The second-order valence-corrected chi connectivity index (χ2v) is 8.11. The van der Waals surface area contributed by atoms with Gasteiger partial charge >= 0.3 is 13.3 Å². The van der Waals surface area contributed by atoms with Gasteiger partial charge in [0.2, 0.25) is 0 Å². The second-order valence-electron chi connectivity index (χ2n) is 7.71. The lowest BCUT2D eigenvalue weighted by Gasteiger charge is -2.31. The van der Waals surface area contributed by atoms with Gasteiger partial charge < -0.3 is 23.4 Å². The summed E-state index contributed by atoms with van der Waals surface area (Å²) in [6.07, 6.45) is 0. The highest BCUT2D eigenvalue weighted by molar-refractivity contribution is 6.39. The molecule has 154 valence electrons. The van der Waals surface area contributed by atoms with E-state index in [1.54, 1.807) is 6.07 Å². The zero-order chi connectivity index (χ0) is 21.2. The van der Waals surface area contributed by atoms with Crippen LogP contribution in [0.1, 0.15) is 43.6 Å². The average Bonchev–Trinajstić information content (AvgIpc) is 2.88. The molecular formula is C21H24BClO6. The van der Waals surface area contributed by atoms with Crippen molar-refractivity contribution < 1.29 is 28.2 Å². The number of benzene rings is 2. The van der Waals surface area contributed by atoms with Gasteiger partial charge in [-0.3, -0.25) is 0 Å². The minimum atomic E-state index is -0.994. The Balaban J connectivity index is 1.86. The number of ether oxygens (including phenoxy) is 2. The van der Waals surface area contributed by atoms with E-state index in [0.717, 1.165) is 5.56 Å². The van der Waals surface area contributed by atoms with E-state index in [1.807, 2.05) is 58.0 Å². The van der Waals surface area contributed by atoms with Gasteiger partial charge in [0, 0.05) is 6.07 Å². The lowest BCUT2D eigenvalue weighted by atomic mass is 9.90. The number of hydrogen-bond acceptors (Lipinski definition) is 6. The van der Waals surface area contributed by atoms with Gasteiger partial charge in [-0.15, -0.1) is 0 Å². The topological polar surface area (TPSA) is 63.2 Å². The van der Waals surface area contributed by atoms with E-state index >= 15 is 0 Å². The third-order valence-corrected chi connectivity index (χ3v) is 5.43. The second kappa shape index (κ2) is 8.26. The van der Waals surface area contributed by atoms with E-state index in [1.165, 1.54) is 13.2 Å². The maximum Gasteiger partial charge on any atom is 0.714 e. The summed E-state index contributed by atoms with van der Waals surface area (Å²) in [4.78, 5) is 12.2. The average molecular weight is 419 g/mol. The SMILES string of the molecule is COC(=O)c1cc(Cl)c(OCc2ccccc2)cc1OB1OC(C)(C)C(C)(C)O1. The molecule has 2 aromatic carbocycles. The third-order valence-electron chi connectivity index (χ3n) is 5.13. The van der Waals surface area contributed by atoms with E-state index in [0.29, 0.717) is 12.4 Å². The predicted octanol–water partition coefficient (Wildman–Crippen LogP) is 4.67. The molecule has 1 saturated heterocycles. The fourth-order valence-electron chi connectivity index (χ4n) is 2.69. The zero-order valence-corrected chi connectivity index (χ0v) is 17.9. The number of halogens is 1. The highest BCUT2D eigenvalue weighted by Crippen LogP contribution is 2.39. The molecule has 2 aromatic rings. The Morgan fingerprint density at radius 2 is 1.66 bits per heavy atom. The van der Waals surface area contributed by atoms with Gasteiger partial charge in [-0.25, -0.2) is 4.79 Å². The van der Waals surface area contributed by atoms with Crippen molar-refractivity contribution in [3.8, 4) is 11.5 Å². The molecule has 1 heterocycles. The van der Waals surface area contributed by atoms with E-state index in [9.17, 15) is 4.79 Å². The minimum absolute atomic E-state index is 0.152. The van der Waals surface area contributed by atoms with Gasteiger partial charge in [-0.2, -0.15) is 0 Å². The monoisotopic (exact) mass is 418 g/mol. The number of carbonyl (C=O) groups is 1. The third kappa shape index (κ3) is 4.69. The quantitative estimate of drug-likeness (QED) is 0.502. The van der Waals surface area contributed by atoms with Crippen molar-refractivity contribution in [2.24, 2.45) is 0 Å². The van der Waals surface area contributed by atoms with Crippen LogP contribution in [0.4, 0.5) is 0 Å². The van der Waals surface area contributed by atoms with Crippen LogP contribution >= 0.6 is 11.6 Å². The molecule has 0 saturated carbocycles. The summed E-state index contributed by atoms with van der Waals surface area (Å²) in [5.41, 5.74) is -0.0297. The molecule has 0 bridgehead atoms. The van der Waals surface area contributed by atoms with Gasteiger partial charge in [0.05, 0.1) is 23.3 Å². The van der Waals surface area contributed by atoms with Crippen molar-refractivity contribution in [2.75, 3.05) is 7.11 Å². The van der Waals surface area contributed by atoms with Crippen LogP contribution in [0.3, 0.4) is 0 Å².